The maximum absolute atomic E-state index is 13.3. The third-order valence-corrected chi connectivity index (χ3v) is 15.5. The second-order valence-electron chi connectivity index (χ2n) is 13.5. The minimum absolute atomic E-state index is 0.166. The summed E-state index contributed by atoms with van der Waals surface area (Å²) in [6.45, 7) is 5.01. The van der Waals surface area contributed by atoms with E-state index >= 15 is 0 Å². The molecule has 8 rings (SSSR count). The normalized spacial score (nSPS) is 15.6. The number of hydrogen-bond acceptors (Lipinski definition) is 5. The van der Waals surface area contributed by atoms with Crippen molar-refractivity contribution >= 4 is 40.9 Å². The molecule has 9 heteroatoms. The van der Waals surface area contributed by atoms with Gasteiger partial charge in [-0.1, -0.05) is 18.2 Å². The average Bonchev–Trinajstić information content (AvgIpc) is 3.98. The fourth-order valence-electron chi connectivity index (χ4n) is 7.39. The van der Waals surface area contributed by atoms with Crippen LogP contribution >= 0.6 is 7.26 Å². The monoisotopic (exact) mass is 952 g/mol. The first kappa shape index (κ1) is 38.6. The van der Waals surface area contributed by atoms with E-state index in [1.807, 2.05) is 38.1 Å². The predicted octanol–water partition coefficient (Wildman–Crippen LogP) is 8.21. The third kappa shape index (κ3) is 7.23. The third-order valence-electron chi connectivity index (χ3n) is 10.1. The molecule has 0 atom stereocenters. The van der Waals surface area contributed by atoms with Gasteiger partial charge in [0, 0.05) is 6.20 Å². The first-order valence-electron chi connectivity index (χ1n) is 18.7. The van der Waals surface area contributed by atoms with Crippen molar-refractivity contribution in [2.45, 2.75) is 13.8 Å². The number of hydrogen-bond donors (Lipinski definition) is 2. The first-order chi connectivity index (χ1) is 28.5. The fourth-order valence-corrected chi connectivity index (χ4v) is 13.1. The number of pyridine rings is 2. The van der Waals surface area contributed by atoms with Gasteiger partial charge in [0.15, 0.2) is 0 Å². The standard InChI is InChI=1S/C49H36N4O3P.Os/c1-4-15-34-23-26-42(50-29-34)46-44-45(49(55)52-46)47(53-48(44)54)43-27-24-35(30-51-43)22-25-37(28-38-32-56-31-36(38)5-2)33(3)57(39-16-9-6-10-17-39,40-18-11-7-12-19-40)41-20-13-8-14-21-41;/h4-21,23-24,26-30H,31-32H2,1-2H3,(H-,50,51,52,53,54,55);/p+1/b15-4+,36-5?,37-33?,38-28?;. The zero-order chi connectivity index (χ0) is 40.1. The maximum atomic E-state index is 13.3. The van der Waals surface area contributed by atoms with E-state index in [1.54, 1.807) is 42.5 Å². The number of nitrogens with zero attached hydrogens (tertiary/aromatic N) is 3. The van der Waals surface area contributed by atoms with E-state index in [0.717, 1.165) is 27.6 Å². The van der Waals surface area contributed by atoms with Crippen LogP contribution in [0.5, 0.6) is 5.88 Å². The summed E-state index contributed by atoms with van der Waals surface area (Å²) in [7, 11) is -2.55. The SMILES string of the molecule is CC=C1COCC1=CC(C#Cc1ccc(C2=NC(=O)c3c(-c4ccc(/C=C/C)cn4)[nH]c(O)c32)nc1)=C([C]#[Os])[P+](c1ccccc1)(c1ccccc1)c1ccccc1. The van der Waals surface area contributed by atoms with Crippen molar-refractivity contribution in [2.75, 3.05) is 13.2 Å². The molecule has 3 aromatic heterocycles. The molecule has 1 saturated heterocycles. The summed E-state index contributed by atoms with van der Waals surface area (Å²) in [5.74, 6) is 6.37. The molecule has 5 heterocycles. The Kier molecular flexibility index (Phi) is 11.3. The topological polar surface area (TPSA) is 100 Å². The Morgan fingerprint density at radius 1 is 0.793 bits per heavy atom. The van der Waals surface area contributed by atoms with Gasteiger partial charge in [-0.2, -0.15) is 0 Å². The number of carbonyl (C=O) groups is 1. The van der Waals surface area contributed by atoms with Crippen molar-refractivity contribution in [3.8, 4) is 33.5 Å². The molecule has 1 amide bonds. The van der Waals surface area contributed by atoms with Crippen molar-refractivity contribution in [3.63, 3.8) is 0 Å². The van der Waals surface area contributed by atoms with E-state index in [9.17, 15) is 9.90 Å². The van der Waals surface area contributed by atoms with Gasteiger partial charge >= 0.3 is 276 Å². The van der Waals surface area contributed by atoms with Crippen molar-refractivity contribution in [1.82, 2.24) is 15.0 Å². The molecule has 2 aliphatic rings. The van der Waals surface area contributed by atoms with Gasteiger partial charge in [0.25, 0.3) is 0 Å². The number of H-pyrrole nitrogens is 1. The van der Waals surface area contributed by atoms with Crippen LogP contribution in [0.25, 0.3) is 17.5 Å². The summed E-state index contributed by atoms with van der Waals surface area (Å²) in [5, 5.41) is 15.7. The Hall–Kier alpha value is -6.29. The fraction of sp³-hybridized carbons (Fsp3) is 0.0816. The van der Waals surface area contributed by atoms with Crippen molar-refractivity contribution < 1.29 is 32.6 Å². The van der Waals surface area contributed by atoms with E-state index in [-0.39, 0.29) is 17.2 Å². The summed E-state index contributed by atoms with van der Waals surface area (Å²) in [4.78, 5) is 29.8. The quantitative estimate of drug-likeness (QED) is 0.119. The Balaban J connectivity index is 1.25. The number of ether oxygens (including phenoxy) is 1. The van der Waals surface area contributed by atoms with E-state index in [2.05, 4.69) is 134 Å². The second kappa shape index (κ2) is 17.1. The molecule has 0 unspecified atom stereocenters. The van der Waals surface area contributed by atoms with Crippen LogP contribution in [0.4, 0.5) is 0 Å². The molecule has 0 spiro atoms. The molecule has 0 bridgehead atoms. The van der Waals surface area contributed by atoms with E-state index in [1.165, 1.54) is 15.9 Å². The van der Waals surface area contributed by atoms with Crippen LogP contribution in [0, 0.1) is 16.2 Å². The van der Waals surface area contributed by atoms with Gasteiger partial charge in [0.05, 0.1) is 11.4 Å². The Morgan fingerprint density at radius 2 is 1.41 bits per heavy atom. The van der Waals surface area contributed by atoms with Crippen molar-refractivity contribution in [1.29, 1.82) is 0 Å². The molecular weight excluding hydrogens is 914 g/mol. The number of aromatic hydroxyl groups is 1. The summed E-state index contributed by atoms with van der Waals surface area (Å²) in [5.41, 5.74) is 6.90. The Morgan fingerprint density at radius 3 is 1.97 bits per heavy atom. The number of rotatable bonds is 8. The Labute approximate surface area is 348 Å². The predicted molar refractivity (Wildman–Crippen MR) is 230 cm³/mol. The van der Waals surface area contributed by atoms with Gasteiger partial charge in [0.2, 0.25) is 0 Å². The molecule has 1 fully saturated rings. The number of fused-ring (bicyclic) bond motifs is 1. The molecule has 283 valence electrons. The van der Waals surface area contributed by atoms with Crippen LogP contribution in [-0.4, -0.2) is 44.9 Å². The minimum atomic E-state index is -2.55. The molecule has 3 aromatic carbocycles. The number of aromatic amines is 1. The van der Waals surface area contributed by atoms with Crippen LogP contribution in [0.2, 0.25) is 0 Å². The van der Waals surface area contributed by atoms with E-state index in [4.69, 9.17) is 9.72 Å². The average molecular weight is 951 g/mol. The van der Waals surface area contributed by atoms with Crippen LogP contribution in [0.3, 0.4) is 0 Å². The number of aromatic nitrogens is 3. The zero-order valence-electron chi connectivity index (χ0n) is 31.8. The van der Waals surface area contributed by atoms with Crippen molar-refractivity contribution in [3.05, 3.63) is 196 Å². The molecule has 6 aromatic rings. The number of benzene rings is 3. The number of amides is 1. The summed E-state index contributed by atoms with van der Waals surface area (Å²) >= 11 is 1.72. The van der Waals surface area contributed by atoms with Crippen LogP contribution < -0.4 is 15.9 Å². The zero-order valence-corrected chi connectivity index (χ0v) is 35.2. The molecule has 0 radical (unpaired) electrons. The molecule has 0 saturated carbocycles. The summed E-state index contributed by atoms with van der Waals surface area (Å²) in [6, 6.07) is 39.4. The molecule has 0 aliphatic carbocycles. The number of aliphatic imine (C=N–C) groups is 1. The van der Waals surface area contributed by atoms with Gasteiger partial charge in [-0.25, -0.2) is 0 Å². The van der Waals surface area contributed by atoms with E-state index in [0.29, 0.717) is 41.4 Å². The van der Waals surface area contributed by atoms with Gasteiger partial charge in [0.1, 0.15) is 0 Å². The molecule has 7 nitrogen and oxygen atoms in total. The summed E-state index contributed by atoms with van der Waals surface area (Å²) in [6.07, 6.45) is 11.5. The molecule has 58 heavy (non-hydrogen) atoms. The number of allylic oxidation sites excluding steroid dienone is 5. The van der Waals surface area contributed by atoms with Crippen LogP contribution in [0.1, 0.15) is 46.6 Å². The number of nitrogens with one attached hydrogen (secondary N) is 1. The van der Waals surface area contributed by atoms with Crippen LogP contribution in [0.15, 0.2) is 173 Å². The van der Waals surface area contributed by atoms with Gasteiger partial charge in [-0.05, 0) is 18.6 Å². The first-order valence-corrected chi connectivity index (χ1v) is 21.8. The van der Waals surface area contributed by atoms with Crippen LogP contribution in [-0.2, 0) is 22.7 Å². The second-order valence-corrected chi connectivity index (χ2v) is 17.5. The number of carbonyl (C=O) groups excluding carboxylic acids is 1. The van der Waals surface area contributed by atoms with Gasteiger partial charge < -0.3 is 10.1 Å². The molecule has 2 aliphatic heterocycles. The Bertz CT molecular complexity index is 2690. The summed E-state index contributed by atoms with van der Waals surface area (Å²) < 4.78 is 9.65. The van der Waals surface area contributed by atoms with Crippen molar-refractivity contribution in [2.24, 2.45) is 4.99 Å². The molecular formula is C49H37N4O3OsP+. The van der Waals surface area contributed by atoms with Gasteiger partial charge in [-0.3, -0.25) is 9.78 Å². The van der Waals surface area contributed by atoms with E-state index < -0.39 is 13.2 Å². The van der Waals surface area contributed by atoms with Gasteiger partial charge in [-0.15, -0.1) is 0 Å². The molecule has 2 N–H and O–H groups in total.